The van der Waals surface area contributed by atoms with Gasteiger partial charge in [-0.15, -0.1) is 0 Å². The van der Waals surface area contributed by atoms with Crippen molar-refractivity contribution >= 4 is 5.91 Å². The number of likely N-dealkylation sites (tertiary alicyclic amines) is 1. The standard InChI is InChI=1S/C19H37N3O/c1-16-7-13-22(14-8-16)12-4-3-9-21-19(23)15-17(2)18-5-10-20-11-6-18/h16-18,20H,3-15H2,1-2H3,(H,21,23). The minimum atomic E-state index is 0.253. The van der Waals surface area contributed by atoms with Gasteiger partial charge in [-0.2, -0.15) is 0 Å². The minimum absolute atomic E-state index is 0.253. The molecule has 0 spiro atoms. The highest BCUT2D eigenvalue weighted by Crippen LogP contribution is 2.24. The fraction of sp³-hybridized carbons (Fsp3) is 0.947. The Labute approximate surface area is 142 Å². The van der Waals surface area contributed by atoms with Crippen LogP contribution in [0.2, 0.25) is 0 Å². The smallest absolute Gasteiger partial charge is 0.220 e. The van der Waals surface area contributed by atoms with Crippen LogP contribution >= 0.6 is 0 Å². The van der Waals surface area contributed by atoms with E-state index in [2.05, 4.69) is 29.4 Å². The van der Waals surface area contributed by atoms with Crippen molar-refractivity contribution in [1.82, 2.24) is 15.5 Å². The van der Waals surface area contributed by atoms with E-state index >= 15 is 0 Å². The Kier molecular flexibility index (Phi) is 8.38. The third kappa shape index (κ3) is 7.21. The molecule has 0 aromatic rings. The molecule has 1 unspecified atom stereocenters. The Hall–Kier alpha value is -0.610. The van der Waals surface area contributed by atoms with E-state index in [0.29, 0.717) is 12.3 Å². The fourth-order valence-electron chi connectivity index (χ4n) is 3.92. The number of unbranched alkanes of at least 4 members (excludes halogenated alkanes) is 1. The Morgan fingerprint density at radius 2 is 1.87 bits per heavy atom. The average molecular weight is 324 g/mol. The van der Waals surface area contributed by atoms with Crippen LogP contribution in [0.1, 0.15) is 58.8 Å². The van der Waals surface area contributed by atoms with Gasteiger partial charge in [0.15, 0.2) is 0 Å². The maximum Gasteiger partial charge on any atom is 0.220 e. The van der Waals surface area contributed by atoms with Crippen molar-refractivity contribution in [2.75, 3.05) is 39.3 Å². The molecule has 2 N–H and O–H groups in total. The van der Waals surface area contributed by atoms with Gasteiger partial charge in [0.1, 0.15) is 0 Å². The number of hydrogen-bond acceptors (Lipinski definition) is 3. The monoisotopic (exact) mass is 323 g/mol. The summed E-state index contributed by atoms with van der Waals surface area (Å²) in [5.74, 6) is 2.41. The van der Waals surface area contributed by atoms with E-state index < -0.39 is 0 Å². The number of nitrogens with one attached hydrogen (secondary N) is 2. The van der Waals surface area contributed by atoms with E-state index in [-0.39, 0.29) is 5.91 Å². The molecule has 2 aliphatic rings. The molecular weight excluding hydrogens is 286 g/mol. The van der Waals surface area contributed by atoms with Gasteiger partial charge in [0.25, 0.3) is 0 Å². The van der Waals surface area contributed by atoms with E-state index in [1.165, 1.54) is 51.7 Å². The number of amides is 1. The number of hydrogen-bond donors (Lipinski definition) is 2. The normalized spacial score (nSPS) is 22.9. The van der Waals surface area contributed by atoms with Gasteiger partial charge in [0.2, 0.25) is 5.91 Å². The van der Waals surface area contributed by atoms with Gasteiger partial charge in [-0.1, -0.05) is 13.8 Å². The highest BCUT2D eigenvalue weighted by molar-refractivity contribution is 5.76. The lowest BCUT2D eigenvalue weighted by atomic mass is 9.84. The van der Waals surface area contributed by atoms with Crippen molar-refractivity contribution in [3.8, 4) is 0 Å². The van der Waals surface area contributed by atoms with Crippen molar-refractivity contribution in [3.63, 3.8) is 0 Å². The number of piperidine rings is 2. The molecule has 1 amide bonds. The van der Waals surface area contributed by atoms with E-state index in [1.807, 2.05) is 0 Å². The zero-order valence-electron chi connectivity index (χ0n) is 15.3. The van der Waals surface area contributed by atoms with Crippen molar-refractivity contribution in [2.45, 2.75) is 58.8 Å². The Bertz CT molecular complexity index is 334. The molecule has 2 aliphatic heterocycles. The molecule has 0 aromatic carbocycles. The fourth-order valence-corrected chi connectivity index (χ4v) is 3.92. The van der Waals surface area contributed by atoms with E-state index in [1.54, 1.807) is 0 Å². The lowest BCUT2D eigenvalue weighted by Gasteiger charge is -2.30. The van der Waals surface area contributed by atoms with Crippen LogP contribution in [0.5, 0.6) is 0 Å². The summed E-state index contributed by atoms with van der Waals surface area (Å²) in [5.41, 5.74) is 0. The zero-order valence-corrected chi connectivity index (χ0v) is 15.3. The average Bonchev–Trinajstić information content (AvgIpc) is 2.57. The summed E-state index contributed by atoms with van der Waals surface area (Å²) in [6.45, 7) is 11.4. The topological polar surface area (TPSA) is 44.4 Å². The molecule has 23 heavy (non-hydrogen) atoms. The predicted octanol–water partition coefficient (Wildman–Crippen LogP) is 2.64. The first-order valence-corrected chi connectivity index (χ1v) is 9.85. The van der Waals surface area contributed by atoms with Crippen molar-refractivity contribution in [2.24, 2.45) is 17.8 Å². The number of rotatable bonds is 8. The summed E-state index contributed by atoms with van der Waals surface area (Å²) in [6, 6.07) is 0. The molecule has 0 saturated carbocycles. The second-order valence-electron chi connectivity index (χ2n) is 7.85. The van der Waals surface area contributed by atoms with Crippen LogP contribution in [-0.4, -0.2) is 50.1 Å². The molecule has 4 nitrogen and oxygen atoms in total. The van der Waals surface area contributed by atoms with Crippen LogP contribution in [0.3, 0.4) is 0 Å². The van der Waals surface area contributed by atoms with Crippen LogP contribution in [0.25, 0.3) is 0 Å². The molecule has 2 saturated heterocycles. The molecule has 0 bridgehead atoms. The van der Waals surface area contributed by atoms with Gasteiger partial charge in [-0.3, -0.25) is 4.79 Å². The lowest BCUT2D eigenvalue weighted by Crippen LogP contribution is -2.34. The quantitative estimate of drug-likeness (QED) is 0.675. The third-order valence-electron chi connectivity index (χ3n) is 5.80. The lowest BCUT2D eigenvalue weighted by molar-refractivity contribution is -0.122. The van der Waals surface area contributed by atoms with Crippen molar-refractivity contribution in [3.05, 3.63) is 0 Å². The number of nitrogens with zero attached hydrogens (tertiary/aromatic N) is 1. The molecule has 4 heteroatoms. The molecule has 0 aromatic heterocycles. The summed E-state index contributed by atoms with van der Waals surface area (Å²) in [4.78, 5) is 14.6. The summed E-state index contributed by atoms with van der Waals surface area (Å²) in [7, 11) is 0. The molecule has 2 heterocycles. The first-order valence-electron chi connectivity index (χ1n) is 9.85. The maximum atomic E-state index is 12.1. The van der Waals surface area contributed by atoms with Gasteiger partial charge in [0.05, 0.1) is 0 Å². The van der Waals surface area contributed by atoms with Gasteiger partial charge in [0, 0.05) is 13.0 Å². The SMILES string of the molecule is CC1CCN(CCCCNC(=O)CC(C)C2CCNCC2)CC1. The van der Waals surface area contributed by atoms with E-state index in [0.717, 1.165) is 37.9 Å². The molecule has 0 radical (unpaired) electrons. The van der Waals surface area contributed by atoms with Crippen molar-refractivity contribution < 1.29 is 4.79 Å². The Morgan fingerprint density at radius 3 is 2.57 bits per heavy atom. The first-order chi connectivity index (χ1) is 11.1. The summed E-state index contributed by atoms with van der Waals surface area (Å²) >= 11 is 0. The zero-order chi connectivity index (χ0) is 16.5. The van der Waals surface area contributed by atoms with E-state index in [4.69, 9.17) is 0 Å². The summed E-state index contributed by atoms with van der Waals surface area (Å²) < 4.78 is 0. The first kappa shape index (κ1) is 18.7. The minimum Gasteiger partial charge on any atom is -0.356 e. The molecule has 134 valence electrons. The Balaban J connectivity index is 1.48. The van der Waals surface area contributed by atoms with Crippen molar-refractivity contribution in [1.29, 1.82) is 0 Å². The second kappa shape index (κ2) is 10.3. The molecule has 1 atom stereocenters. The van der Waals surface area contributed by atoms with Gasteiger partial charge >= 0.3 is 0 Å². The third-order valence-corrected chi connectivity index (χ3v) is 5.80. The largest absolute Gasteiger partial charge is 0.356 e. The summed E-state index contributed by atoms with van der Waals surface area (Å²) in [6.07, 6.45) is 8.18. The highest BCUT2D eigenvalue weighted by Gasteiger charge is 2.21. The van der Waals surface area contributed by atoms with Crippen LogP contribution in [0, 0.1) is 17.8 Å². The highest BCUT2D eigenvalue weighted by atomic mass is 16.1. The Morgan fingerprint density at radius 1 is 1.17 bits per heavy atom. The van der Waals surface area contributed by atoms with Gasteiger partial charge in [-0.25, -0.2) is 0 Å². The molecule has 0 aliphatic carbocycles. The summed E-state index contributed by atoms with van der Waals surface area (Å²) in [5, 5.41) is 6.52. The maximum absolute atomic E-state index is 12.1. The molecular formula is C19H37N3O. The van der Waals surface area contributed by atoms with Gasteiger partial charge < -0.3 is 15.5 Å². The van der Waals surface area contributed by atoms with E-state index in [9.17, 15) is 4.79 Å². The number of carbonyl (C=O) groups is 1. The van der Waals surface area contributed by atoms with Crippen LogP contribution in [0.4, 0.5) is 0 Å². The molecule has 2 fully saturated rings. The van der Waals surface area contributed by atoms with Gasteiger partial charge in [-0.05, 0) is 89.0 Å². The molecule has 2 rings (SSSR count). The predicted molar refractivity (Wildman–Crippen MR) is 96.5 cm³/mol. The second-order valence-corrected chi connectivity index (χ2v) is 7.85. The van der Waals surface area contributed by atoms with Crippen LogP contribution in [0.15, 0.2) is 0 Å². The van der Waals surface area contributed by atoms with Crippen LogP contribution < -0.4 is 10.6 Å². The number of carbonyl (C=O) groups excluding carboxylic acids is 1. The van der Waals surface area contributed by atoms with Crippen LogP contribution in [-0.2, 0) is 4.79 Å².